The van der Waals surface area contributed by atoms with Crippen LogP contribution in [-0.2, 0) is 0 Å². The first-order chi connectivity index (χ1) is 8.20. The van der Waals surface area contributed by atoms with Crippen LogP contribution in [0, 0.1) is 18.3 Å². The molecule has 1 aromatic carbocycles. The molecular formula is C13H10N2O2. The van der Waals surface area contributed by atoms with Crippen LogP contribution in [0.15, 0.2) is 41.0 Å². The molecule has 0 aliphatic rings. The van der Waals surface area contributed by atoms with Crippen LogP contribution in [0.2, 0.25) is 0 Å². The number of carbonyl (C=O) groups is 1. The largest absolute Gasteiger partial charge is 0.469 e. The van der Waals surface area contributed by atoms with Crippen molar-refractivity contribution in [3.05, 3.63) is 53.5 Å². The van der Waals surface area contributed by atoms with Gasteiger partial charge in [0.15, 0.2) is 0 Å². The number of nitriles is 1. The second kappa shape index (κ2) is 4.54. The maximum Gasteiger partial charge on any atom is 0.259 e. The van der Waals surface area contributed by atoms with Gasteiger partial charge in [-0.1, -0.05) is 0 Å². The van der Waals surface area contributed by atoms with Gasteiger partial charge in [-0.15, -0.1) is 0 Å². The Balaban J connectivity index is 2.14. The van der Waals surface area contributed by atoms with E-state index in [4.69, 9.17) is 9.68 Å². The van der Waals surface area contributed by atoms with Gasteiger partial charge in [0.2, 0.25) is 0 Å². The van der Waals surface area contributed by atoms with Crippen molar-refractivity contribution in [1.29, 1.82) is 5.26 Å². The SMILES string of the molecule is Cc1occc1C(=O)Nc1ccc(C#N)cc1. The molecule has 0 radical (unpaired) electrons. The van der Waals surface area contributed by atoms with E-state index in [1.807, 2.05) is 6.07 Å². The average Bonchev–Trinajstić information content (AvgIpc) is 2.76. The van der Waals surface area contributed by atoms with E-state index in [2.05, 4.69) is 5.32 Å². The Labute approximate surface area is 98.5 Å². The molecule has 0 fully saturated rings. The first-order valence-electron chi connectivity index (χ1n) is 5.06. The maximum atomic E-state index is 11.8. The molecule has 2 aromatic rings. The zero-order chi connectivity index (χ0) is 12.3. The van der Waals surface area contributed by atoms with E-state index in [0.29, 0.717) is 22.6 Å². The molecule has 0 unspecified atom stereocenters. The molecule has 1 amide bonds. The van der Waals surface area contributed by atoms with Crippen molar-refractivity contribution < 1.29 is 9.21 Å². The molecule has 17 heavy (non-hydrogen) atoms. The van der Waals surface area contributed by atoms with Crippen molar-refractivity contribution in [3.8, 4) is 6.07 Å². The van der Waals surface area contributed by atoms with Crippen LogP contribution in [0.1, 0.15) is 21.7 Å². The van der Waals surface area contributed by atoms with E-state index < -0.39 is 0 Å². The zero-order valence-corrected chi connectivity index (χ0v) is 9.23. The van der Waals surface area contributed by atoms with E-state index in [0.717, 1.165) is 0 Å². The summed E-state index contributed by atoms with van der Waals surface area (Å²) < 4.78 is 5.06. The van der Waals surface area contributed by atoms with Gasteiger partial charge >= 0.3 is 0 Å². The first kappa shape index (κ1) is 11.0. The minimum absolute atomic E-state index is 0.221. The summed E-state index contributed by atoms with van der Waals surface area (Å²) in [5, 5.41) is 11.4. The predicted octanol–water partition coefficient (Wildman–Crippen LogP) is 2.71. The van der Waals surface area contributed by atoms with Crippen LogP contribution in [0.3, 0.4) is 0 Å². The lowest BCUT2D eigenvalue weighted by Crippen LogP contribution is -2.11. The summed E-state index contributed by atoms with van der Waals surface area (Å²) in [6.45, 7) is 1.73. The minimum atomic E-state index is -0.221. The molecule has 0 spiro atoms. The van der Waals surface area contributed by atoms with Crippen LogP contribution in [0.25, 0.3) is 0 Å². The summed E-state index contributed by atoms with van der Waals surface area (Å²) in [7, 11) is 0. The lowest BCUT2D eigenvalue weighted by molar-refractivity contribution is 0.102. The van der Waals surface area contributed by atoms with Crippen LogP contribution >= 0.6 is 0 Å². The Hall–Kier alpha value is -2.54. The fourth-order valence-electron chi connectivity index (χ4n) is 1.45. The number of hydrogen-bond acceptors (Lipinski definition) is 3. The molecule has 2 rings (SSSR count). The number of benzene rings is 1. The van der Waals surface area contributed by atoms with Crippen molar-refractivity contribution in [3.63, 3.8) is 0 Å². The monoisotopic (exact) mass is 226 g/mol. The van der Waals surface area contributed by atoms with Crippen molar-refractivity contribution in [2.45, 2.75) is 6.92 Å². The number of carbonyl (C=O) groups excluding carboxylic acids is 1. The number of nitrogens with one attached hydrogen (secondary N) is 1. The molecule has 0 atom stereocenters. The quantitative estimate of drug-likeness (QED) is 0.856. The summed E-state index contributed by atoms with van der Waals surface area (Å²) in [6.07, 6.45) is 1.48. The fourth-order valence-corrected chi connectivity index (χ4v) is 1.45. The summed E-state index contributed by atoms with van der Waals surface area (Å²) in [5.74, 6) is 0.358. The third-order valence-corrected chi connectivity index (χ3v) is 2.38. The van der Waals surface area contributed by atoms with Gasteiger partial charge in [-0.25, -0.2) is 0 Å². The Morgan fingerprint density at radius 1 is 1.29 bits per heavy atom. The van der Waals surface area contributed by atoms with E-state index in [1.54, 1.807) is 37.3 Å². The Morgan fingerprint density at radius 3 is 2.53 bits per heavy atom. The summed E-state index contributed by atoms with van der Waals surface area (Å²) >= 11 is 0. The van der Waals surface area contributed by atoms with Gasteiger partial charge < -0.3 is 9.73 Å². The van der Waals surface area contributed by atoms with E-state index >= 15 is 0 Å². The van der Waals surface area contributed by atoms with Gasteiger partial charge in [-0.05, 0) is 37.3 Å². The molecule has 84 valence electrons. The van der Waals surface area contributed by atoms with Crippen molar-refractivity contribution in [2.75, 3.05) is 5.32 Å². The minimum Gasteiger partial charge on any atom is -0.469 e. The van der Waals surface area contributed by atoms with Gasteiger partial charge in [0.1, 0.15) is 5.76 Å². The van der Waals surface area contributed by atoms with Crippen LogP contribution in [0.5, 0.6) is 0 Å². The normalized spacial score (nSPS) is 9.65. The molecule has 4 nitrogen and oxygen atoms in total. The van der Waals surface area contributed by atoms with Crippen LogP contribution in [0.4, 0.5) is 5.69 Å². The standard InChI is InChI=1S/C13H10N2O2/c1-9-12(6-7-17-9)13(16)15-11-4-2-10(8-14)3-5-11/h2-7H,1H3,(H,15,16). The lowest BCUT2D eigenvalue weighted by Gasteiger charge is -2.03. The number of furan rings is 1. The first-order valence-corrected chi connectivity index (χ1v) is 5.06. The maximum absolute atomic E-state index is 11.8. The molecular weight excluding hydrogens is 216 g/mol. The smallest absolute Gasteiger partial charge is 0.259 e. The molecule has 0 bridgehead atoms. The third kappa shape index (κ3) is 2.34. The molecule has 4 heteroatoms. The molecule has 1 aromatic heterocycles. The van der Waals surface area contributed by atoms with Crippen molar-refractivity contribution >= 4 is 11.6 Å². The zero-order valence-electron chi connectivity index (χ0n) is 9.23. The molecule has 0 saturated heterocycles. The number of nitrogens with zero attached hydrogens (tertiary/aromatic N) is 1. The topological polar surface area (TPSA) is 66.0 Å². The molecule has 0 aliphatic heterocycles. The van der Waals surface area contributed by atoms with Gasteiger partial charge in [-0.2, -0.15) is 5.26 Å². The summed E-state index contributed by atoms with van der Waals surface area (Å²) in [5.41, 5.74) is 1.71. The highest BCUT2D eigenvalue weighted by Crippen LogP contribution is 2.13. The third-order valence-electron chi connectivity index (χ3n) is 2.38. The van der Waals surface area contributed by atoms with Crippen LogP contribution < -0.4 is 5.32 Å². The molecule has 1 heterocycles. The van der Waals surface area contributed by atoms with E-state index in [-0.39, 0.29) is 5.91 Å². The number of amides is 1. The Kier molecular flexibility index (Phi) is 2.93. The van der Waals surface area contributed by atoms with Gasteiger partial charge in [-0.3, -0.25) is 4.79 Å². The lowest BCUT2D eigenvalue weighted by atomic mass is 10.2. The number of anilines is 1. The highest BCUT2D eigenvalue weighted by Gasteiger charge is 2.11. The Morgan fingerprint density at radius 2 is 2.00 bits per heavy atom. The van der Waals surface area contributed by atoms with E-state index in [1.165, 1.54) is 6.26 Å². The average molecular weight is 226 g/mol. The predicted molar refractivity (Wildman–Crippen MR) is 62.6 cm³/mol. The van der Waals surface area contributed by atoms with Crippen molar-refractivity contribution in [1.82, 2.24) is 0 Å². The number of rotatable bonds is 2. The molecule has 0 saturated carbocycles. The number of hydrogen-bond donors (Lipinski definition) is 1. The van der Waals surface area contributed by atoms with Gasteiger partial charge in [0, 0.05) is 5.69 Å². The molecule has 0 aliphatic carbocycles. The molecule has 1 N–H and O–H groups in total. The number of aryl methyl sites for hydroxylation is 1. The van der Waals surface area contributed by atoms with E-state index in [9.17, 15) is 4.79 Å². The van der Waals surface area contributed by atoms with Gasteiger partial charge in [0.25, 0.3) is 5.91 Å². The highest BCUT2D eigenvalue weighted by molar-refractivity contribution is 6.04. The second-order valence-corrected chi connectivity index (χ2v) is 3.53. The fraction of sp³-hybridized carbons (Fsp3) is 0.0769. The van der Waals surface area contributed by atoms with Crippen molar-refractivity contribution in [2.24, 2.45) is 0 Å². The Bertz CT molecular complexity index is 576. The second-order valence-electron chi connectivity index (χ2n) is 3.53. The van der Waals surface area contributed by atoms with Gasteiger partial charge in [0.05, 0.1) is 23.5 Å². The highest BCUT2D eigenvalue weighted by atomic mass is 16.3. The summed E-state index contributed by atoms with van der Waals surface area (Å²) in [4.78, 5) is 11.8. The van der Waals surface area contributed by atoms with Crippen LogP contribution in [-0.4, -0.2) is 5.91 Å². The summed E-state index contributed by atoms with van der Waals surface area (Å²) in [6, 6.07) is 10.3.